The molecule has 0 fully saturated rings. The van der Waals surface area contributed by atoms with E-state index in [2.05, 4.69) is 10.4 Å². The van der Waals surface area contributed by atoms with E-state index in [4.69, 9.17) is 0 Å². The lowest BCUT2D eigenvalue weighted by Gasteiger charge is -2.03. The van der Waals surface area contributed by atoms with Gasteiger partial charge in [0.05, 0.1) is 11.9 Å². The summed E-state index contributed by atoms with van der Waals surface area (Å²) in [5.41, 5.74) is 3.92. The van der Waals surface area contributed by atoms with Crippen molar-refractivity contribution in [3.05, 3.63) is 67.0 Å². The van der Waals surface area contributed by atoms with Crippen LogP contribution < -0.4 is 5.32 Å². The second-order valence-electron chi connectivity index (χ2n) is 4.77. The van der Waals surface area contributed by atoms with Gasteiger partial charge in [0.15, 0.2) is 0 Å². The van der Waals surface area contributed by atoms with Crippen LogP contribution in [0.1, 0.15) is 6.92 Å². The molecule has 0 saturated heterocycles. The van der Waals surface area contributed by atoms with Gasteiger partial charge in [0.25, 0.3) is 0 Å². The molecule has 0 aliphatic heterocycles. The van der Waals surface area contributed by atoms with Crippen LogP contribution in [0, 0.1) is 0 Å². The van der Waals surface area contributed by atoms with Crippen molar-refractivity contribution in [3.8, 4) is 16.8 Å². The first kappa shape index (κ1) is 13.1. The van der Waals surface area contributed by atoms with E-state index < -0.39 is 0 Å². The van der Waals surface area contributed by atoms with E-state index in [-0.39, 0.29) is 5.91 Å². The number of carbonyl (C=O) groups excluding carboxylic acids is 1. The second kappa shape index (κ2) is 5.63. The van der Waals surface area contributed by atoms with Crippen molar-refractivity contribution in [2.45, 2.75) is 6.92 Å². The van der Waals surface area contributed by atoms with Gasteiger partial charge in [0.2, 0.25) is 5.91 Å². The minimum atomic E-state index is -0.0698. The number of hydrogen-bond donors (Lipinski definition) is 1. The molecule has 0 aliphatic carbocycles. The fraction of sp³-hybridized carbons (Fsp3) is 0.0588. The Morgan fingerprint density at radius 2 is 1.71 bits per heavy atom. The molecule has 0 unspecified atom stereocenters. The van der Waals surface area contributed by atoms with Crippen LogP contribution in [-0.4, -0.2) is 15.7 Å². The first-order valence-electron chi connectivity index (χ1n) is 6.70. The predicted molar refractivity (Wildman–Crippen MR) is 83.3 cm³/mol. The van der Waals surface area contributed by atoms with Crippen molar-refractivity contribution in [1.82, 2.24) is 9.78 Å². The number of nitrogens with zero attached hydrogens (tertiary/aromatic N) is 2. The first-order valence-corrected chi connectivity index (χ1v) is 6.70. The summed E-state index contributed by atoms with van der Waals surface area (Å²) in [5.74, 6) is -0.0698. The molecule has 4 heteroatoms. The van der Waals surface area contributed by atoms with Gasteiger partial charge < -0.3 is 5.32 Å². The fourth-order valence-corrected chi connectivity index (χ4v) is 2.14. The average molecular weight is 277 g/mol. The van der Waals surface area contributed by atoms with Gasteiger partial charge in [0, 0.05) is 24.4 Å². The van der Waals surface area contributed by atoms with E-state index in [0.29, 0.717) is 0 Å². The number of anilines is 1. The van der Waals surface area contributed by atoms with Crippen LogP contribution >= 0.6 is 0 Å². The Morgan fingerprint density at radius 1 is 1.00 bits per heavy atom. The fourth-order valence-electron chi connectivity index (χ4n) is 2.14. The third-order valence-corrected chi connectivity index (χ3v) is 3.14. The Labute approximate surface area is 123 Å². The van der Waals surface area contributed by atoms with Crippen molar-refractivity contribution in [3.63, 3.8) is 0 Å². The Balaban J connectivity index is 1.85. The number of nitrogens with one attached hydrogen (secondary N) is 1. The summed E-state index contributed by atoms with van der Waals surface area (Å²) in [6, 6.07) is 17.7. The van der Waals surface area contributed by atoms with Crippen LogP contribution in [0.15, 0.2) is 67.0 Å². The molecular formula is C17H15N3O. The molecule has 1 N–H and O–H groups in total. The smallest absolute Gasteiger partial charge is 0.221 e. The van der Waals surface area contributed by atoms with Gasteiger partial charge >= 0.3 is 0 Å². The Morgan fingerprint density at radius 3 is 2.38 bits per heavy atom. The maximum absolute atomic E-state index is 11.0. The van der Waals surface area contributed by atoms with E-state index in [1.165, 1.54) is 6.92 Å². The zero-order valence-electron chi connectivity index (χ0n) is 11.7. The summed E-state index contributed by atoms with van der Waals surface area (Å²) in [7, 11) is 0. The van der Waals surface area contributed by atoms with Crippen molar-refractivity contribution in [2.24, 2.45) is 0 Å². The van der Waals surface area contributed by atoms with Crippen molar-refractivity contribution in [1.29, 1.82) is 0 Å². The number of rotatable bonds is 3. The highest BCUT2D eigenvalue weighted by molar-refractivity contribution is 5.88. The van der Waals surface area contributed by atoms with Crippen LogP contribution in [0.4, 0.5) is 5.69 Å². The van der Waals surface area contributed by atoms with Crippen LogP contribution in [0.5, 0.6) is 0 Å². The predicted octanol–water partition coefficient (Wildman–Crippen LogP) is 3.50. The number of carbonyl (C=O) groups is 1. The van der Waals surface area contributed by atoms with Gasteiger partial charge in [-0.15, -0.1) is 0 Å². The third kappa shape index (κ3) is 3.00. The molecule has 3 rings (SSSR count). The molecule has 0 spiro atoms. The molecule has 0 atom stereocenters. The summed E-state index contributed by atoms with van der Waals surface area (Å²) >= 11 is 0. The van der Waals surface area contributed by atoms with Crippen LogP contribution in [0.2, 0.25) is 0 Å². The standard InChI is InChI=1S/C17H15N3O/c1-13(21)19-16-9-7-14(8-10-16)15-11-18-20(12-15)17-5-3-2-4-6-17/h2-12H,1H3,(H,19,21). The van der Waals surface area contributed by atoms with E-state index >= 15 is 0 Å². The Bertz CT molecular complexity index is 745. The molecule has 3 aromatic rings. The molecule has 1 heterocycles. The summed E-state index contributed by atoms with van der Waals surface area (Å²) in [4.78, 5) is 11.0. The zero-order valence-corrected chi connectivity index (χ0v) is 11.7. The largest absolute Gasteiger partial charge is 0.326 e. The molecule has 1 amide bonds. The molecule has 0 radical (unpaired) electrons. The Kier molecular flexibility index (Phi) is 3.51. The van der Waals surface area contributed by atoms with Gasteiger partial charge in [-0.05, 0) is 29.8 Å². The maximum Gasteiger partial charge on any atom is 0.221 e. The number of para-hydroxylation sites is 1. The quantitative estimate of drug-likeness (QED) is 0.796. The lowest BCUT2D eigenvalue weighted by Crippen LogP contribution is -2.05. The van der Waals surface area contributed by atoms with Gasteiger partial charge in [-0.3, -0.25) is 4.79 Å². The monoisotopic (exact) mass is 277 g/mol. The van der Waals surface area contributed by atoms with Crippen molar-refractivity contribution >= 4 is 11.6 Å². The number of aromatic nitrogens is 2. The lowest BCUT2D eigenvalue weighted by atomic mass is 10.1. The molecule has 4 nitrogen and oxygen atoms in total. The van der Waals surface area contributed by atoms with Gasteiger partial charge in [-0.2, -0.15) is 5.10 Å². The molecule has 2 aromatic carbocycles. The molecule has 21 heavy (non-hydrogen) atoms. The van der Waals surface area contributed by atoms with E-state index in [1.54, 1.807) is 0 Å². The zero-order chi connectivity index (χ0) is 14.7. The van der Waals surface area contributed by atoms with Crippen LogP contribution in [0.3, 0.4) is 0 Å². The Hall–Kier alpha value is -2.88. The van der Waals surface area contributed by atoms with Gasteiger partial charge in [-0.25, -0.2) is 4.68 Å². The van der Waals surface area contributed by atoms with Crippen LogP contribution in [0.25, 0.3) is 16.8 Å². The highest BCUT2D eigenvalue weighted by Crippen LogP contribution is 2.22. The summed E-state index contributed by atoms with van der Waals surface area (Å²) < 4.78 is 1.84. The molecule has 0 bridgehead atoms. The van der Waals surface area contributed by atoms with E-state index in [9.17, 15) is 4.79 Å². The van der Waals surface area contributed by atoms with Crippen molar-refractivity contribution in [2.75, 3.05) is 5.32 Å². The molecule has 104 valence electrons. The minimum Gasteiger partial charge on any atom is -0.326 e. The SMILES string of the molecule is CC(=O)Nc1ccc(-c2cnn(-c3ccccc3)c2)cc1. The number of amides is 1. The van der Waals surface area contributed by atoms with Crippen LogP contribution in [-0.2, 0) is 4.79 Å². The summed E-state index contributed by atoms with van der Waals surface area (Å²) in [6.07, 6.45) is 3.82. The minimum absolute atomic E-state index is 0.0698. The highest BCUT2D eigenvalue weighted by Gasteiger charge is 2.03. The van der Waals surface area contributed by atoms with E-state index in [0.717, 1.165) is 22.5 Å². The topological polar surface area (TPSA) is 46.9 Å². The van der Waals surface area contributed by atoms with Crippen molar-refractivity contribution < 1.29 is 4.79 Å². The number of hydrogen-bond acceptors (Lipinski definition) is 2. The van der Waals surface area contributed by atoms with Gasteiger partial charge in [-0.1, -0.05) is 30.3 Å². The normalized spacial score (nSPS) is 10.3. The molecule has 0 saturated carbocycles. The van der Waals surface area contributed by atoms with E-state index in [1.807, 2.05) is 71.7 Å². The summed E-state index contributed by atoms with van der Waals surface area (Å²) in [6.45, 7) is 1.50. The van der Waals surface area contributed by atoms with Gasteiger partial charge in [0.1, 0.15) is 0 Å². The highest BCUT2D eigenvalue weighted by atomic mass is 16.1. The second-order valence-corrected chi connectivity index (χ2v) is 4.77. The first-order chi connectivity index (χ1) is 10.2. The number of benzene rings is 2. The molecule has 0 aliphatic rings. The third-order valence-electron chi connectivity index (χ3n) is 3.14. The lowest BCUT2D eigenvalue weighted by molar-refractivity contribution is -0.114. The molecule has 1 aromatic heterocycles. The summed E-state index contributed by atoms with van der Waals surface area (Å²) in [5, 5.41) is 7.14. The molecular weight excluding hydrogens is 262 g/mol. The maximum atomic E-state index is 11.0. The average Bonchev–Trinajstić information content (AvgIpc) is 2.98.